The van der Waals surface area contributed by atoms with Crippen LogP contribution in [0.1, 0.15) is 23.4 Å². The highest BCUT2D eigenvalue weighted by atomic mass is 19.3. The number of nitriles is 1. The van der Waals surface area contributed by atoms with E-state index in [0.717, 1.165) is 6.07 Å². The second kappa shape index (κ2) is 4.53. The van der Waals surface area contributed by atoms with Crippen LogP contribution < -0.4 is 0 Å². The van der Waals surface area contributed by atoms with E-state index in [2.05, 4.69) is 4.98 Å². The van der Waals surface area contributed by atoms with E-state index in [1.807, 2.05) is 0 Å². The van der Waals surface area contributed by atoms with Crippen molar-refractivity contribution in [2.75, 3.05) is 0 Å². The molecule has 0 aliphatic carbocycles. The van der Waals surface area contributed by atoms with Crippen molar-refractivity contribution in [1.29, 1.82) is 5.26 Å². The first-order chi connectivity index (χ1) is 7.45. The van der Waals surface area contributed by atoms with Gasteiger partial charge in [0.2, 0.25) is 0 Å². The van der Waals surface area contributed by atoms with Crippen molar-refractivity contribution in [3.63, 3.8) is 0 Å². The second-order valence-electron chi connectivity index (χ2n) is 2.88. The standard InChI is InChI=1S/C9H6F2N2O3/c10-9(11)8-4(2-7(15)16)1-6(14)5(3-12)13-8/h1,9,14H,2H2,(H,15,16). The topological polar surface area (TPSA) is 94.2 Å². The highest BCUT2D eigenvalue weighted by Crippen LogP contribution is 2.26. The Kier molecular flexibility index (Phi) is 3.35. The van der Waals surface area contributed by atoms with E-state index in [9.17, 15) is 18.7 Å². The van der Waals surface area contributed by atoms with E-state index in [1.165, 1.54) is 6.07 Å². The molecule has 0 fully saturated rings. The molecule has 2 N–H and O–H groups in total. The zero-order valence-electron chi connectivity index (χ0n) is 7.81. The van der Waals surface area contributed by atoms with Crippen LogP contribution in [0.4, 0.5) is 8.78 Å². The van der Waals surface area contributed by atoms with Crippen LogP contribution in [0.2, 0.25) is 0 Å². The number of carboxylic acid groups (broad SMARTS) is 1. The Morgan fingerprint density at radius 2 is 2.25 bits per heavy atom. The minimum absolute atomic E-state index is 0.306. The molecule has 16 heavy (non-hydrogen) atoms. The fraction of sp³-hybridized carbons (Fsp3) is 0.222. The average Bonchev–Trinajstić information content (AvgIpc) is 2.16. The summed E-state index contributed by atoms with van der Waals surface area (Å²) in [5.41, 5.74) is -1.65. The second-order valence-corrected chi connectivity index (χ2v) is 2.88. The molecule has 0 aliphatic rings. The van der Waals surface area contributed by atoms with Gasteiger partial charge < -0.3 is 10.2 Å². The number of aromatic nitrogens is 1. The fourth-order valence-corrected chi connectivity index (χ4v) is 1.13. The van der Waals surface area contributed by atoms with Gasteiger partial charge in [-0.2, -0.15) is 5.26 Å². The van der Waals surface area contributed by atoms with Gasteiger partial charge in [0.15, 0.2) is 11.4 Å². The molecule has 1 aromatic rings. The first-order valence-electron chi connectivity index (χ1n) is 4.08. The number of halogens is 2. The van der Waals surface area contributed by atoms with E-state index < -0.39 is 36.0 Å². The molecule has 0 aromatic carbocycles. The summed E-state index contributed by atoms with van der Waals surface area (Å²) in [7, 11) is 0. The van der Waals surface area contributed by atoms with E-state index in [4.69, 9.17) is 10.4 Å². The predicted molar refractivity (Wildman–Crippen MR) is 46.9 cm³/mol. The summed E-state index contributed by atoms with van der Waals surface area (Å²) >= 11 is 0. The van der Waals surface area contributed by atoms with Crippen LogP contribution in [0.5, 0.6) is 5.75 Å². The van der Waals surface area contributed by atoms with Crippen molar-refractivity contribution in [3.05, 3.63) is 23.0 Å². The summed E-state index contributed by atoms with van der Waals surface area (Å²) in [6.45, 7) is 0. The van der Waals surface area contributed by atoms with Gasteiger partial charge in [0.1, 0.15) is 11.8 Å². The summed E-state index contributed by atoms with van der Waals surface area (Å²) in [6, 6.07) is 2.25. The molecule has 0 atom stereocenters. The van der Waals surface area contributed by atoms with Crippen molar-refractivity contribution in [3.8, 4) is 11.8 Å². The number of nitrogens with zero attached hydrogens (tertiary/aromatic N) is 2. The van der Waals surface area contributed by atoms with E-state index in [0.29, 0.717) is 0 Å². The molecule has 0 bridgehead atoms. The Labute approximate surface area is 88.6 Å². The van der Waals surface area contributed by atoms with E-state index in [1.54, 1.807) is 0 Å². The number of carboxylic acids is 1. The van der Waals surface area contributed by atoms with Gasteiger partial charge in [0.05, 0.1) is 6.42 Å². The van der Waals surface area contributed by atoms with Gasteiger partial charge >= 0.3 is 5.97 Å². The van der Waals surface area contributed by atoms with Crippen LogP contribution in [0.3, 0.4) is 0 Å². The maximum absolute atomic E-state index is 12.5. The van der Waals surface area contributed by atoms with Crippen LogP contribution in [0.25, 0.3) is 0 Å². The molecule has 1 rings (SSSR count). The molecule has 0 aliphatic heterocycles. The number of rotatable bonds is 3. The molecular weight excluding hydrogens is 222 g/mol. The van der Waals surface area contributed by atoms with Crippen LogP contribution in [0.15, 0.2) is 6.07 Å². The third-order valence-electron chi connectivity index (χ3n) is 1.77. The average molecular weight is 228 g/mol. The Balaban J connectivity index is 3.31. The number of hydrogen-bond acceptors (Lipinski definition) is 4. The molecule has 1 aromatic heterocycles. The summed E-state index contributed by atoms with van der Waals surface area (Å²) in [4.78, 5) is 13.6. The number of aliphatic carboxylic acids is 1. The predicted octanol–water partition coefficient (Wildman–Crippen LogP) is 1.22. The van der Waals surface area contributed by atoms with Gasteiger partial charge in [-0.05, 0) is 11.6 Å². The minimum atomic E-state index is -3.00. The smallest absolute Gasteiger partial charge is 0.307 e. The molecule has 0 amide bonds. The maximum Gasteiger partial charge on any atom is 0.307 e. The van der Waals surface area contributed by atoms with Crippen molar-refractivity contribution < 1.29 is 23.8 Å². The lowest BCUT2D eigenvalue weighted by molar-refractivity contribution is -0.136. The molecule has 0 saturated carbocycles. The first kappa shape index (κ1) is 11.8. The third kappa shape index (κ3) is 2.42. The maximum atomic E-state index is 12.5. The third-order valence-corrected chi connectivity index (χ3v) is 1.77. The normalized spacial score (nSPS) is 10.1. The zero-order valence-corrected chi connectivity index (χ0v) is 7.81. The SMILES string of the molecule is N#Cc1nc(C(F)F)c(CC(=O)O)cc1O. The monoisotopic (exact) mass is 228 g/mol. The van der Waals surface area contributed by atoms with E-state index >= 15 is 0 Å². The number of aromatic hydroxyl groups is 1. The molecule has 84 valence electrons. The van der Waals surface area contributed by atoms with Crippen molar-refractivity contribution in [2.45, 2.75) is 12.8 Å². The first-order valence-corrected chi connectivity index (χ1v) is 4.08. The Bertz CT molecular complexity index is 469. The highest BCUT2D eigenvalue weighted by molar-refractivity contribution is 5.71. The largest absolute Gasteiger partial charge is 0.505 e. The number of hydrogen-bond donors (Lipinski definition) is 2. The molecule has 1 heterocycles. The summed E-state index contributed by atoms with van der Waals surface area (Å²) < 4.78 is 25.0. The Hall–Kier alpha value is -2.23. The molecule has 0 spiro atoms. The lowest BCUT2D eigenvalue weighted by Crippen LogP contribution is -2.07. The quantitative estimate of drug-likeness (QED) is 0.811. The van der Waals surface area contributed by atoms with Crippen molar-refractivity contribution >= 4 is 5.97 Å². The van der Waals surface area contributed by atoms with Gasteiger partial charge in [0, 0.05) is 0 Å². The highest BCUT2D eigenvalue weighted by Gasteiger charge is 2.20. The molecule has 0 unspecified atom stereocenters. The van der Waals surface area contributed by atoms with Gasteiger partial charge in [-0.25, -0.2) is 13.8 Å². The van der Waals surface area contributed by atoms with Crippen LogP contribution in [-0.2, 0) is 11.2 Å². The van der Waals surface area contributed by atoms with Gasteiger partial charge in [0.25, 0.3) is 6.43 Å². The van der Waals surface area contributed by atoms with Crippen LogP contribution in [0, 0.1) is 11.3 Å². The molecule has 0 saturated heterocycles. The fourth-order valence-electron chi connectivity index (χ4n) is 1.13. The van der Waals surface area contributed by atoms with E-state index in [-0.39, 0.29) is 5.56 Å². The van der Waals surface area contributed by atoms with Crippen molar-refractivity contribution in [1.82, 2.24) is 4.98 Å². The van der Waals surface area contributed by atoms with Gasteiger partial charge in [-0.3, -0.25) is 4.79 Å². The lowest BCUT2D eigenvalue weighted by atomic mass is 10.1. The van der Waals surface area contributed by atoms with Gasteiger partial charge in [-0.15, -0.1) is 0 Å². The summed E-state index contributed by atoms with van der Waals surface area (Å²) in [5, 5.41) is 26.1. The minimum Gasteiger partial charge on any atom is -0.505 e. The Morgan fingerprint density at radius 1 is 1.62 bits per heavy atom. The lowest BCUT2D eigenvalue weighted by Gasteiger charge is -2.07. The number of carbonyl (C=O) groups is 1. The molecular formula is C9H6F2N2O3. The number of pyridine rings is 1. The summed E-state index contributed by atoms with van der Waals surface area (Å²) in [6.07, 6.45) is -3.69. The number of alkyl halides is 2. The van der Waals surface area contributed by atoms with Crippen LogP contribution in [-0.4, -0.2) is 21.2 Å². The van der Waals surface area contributed by atoms with Crippen molar-refractivity contribution in [2.24, 2.45) is 0 Å². The zero-order chi connectivity index (χ0) is 12.3. The molecule has 0 radical (unpaired) electrons. The molecule has 7 heteroatoms. The summed E-state index contributed by atoms with van der Waals surface area (Å²) in [5.74, 6) is -1.93. The Morgan fingerprint density at radius 3 is 2.69 bits per heavy atom. The van der Waals surface area contributed by atoms with Crippen LogP contribution >= 0.6 is 0 Å². The van der Waals surface area contributed by atoms with Gasteiger partial charge in [-0.1, -0.05) is 0 Å². The molecule has 5 nitrogen and oxygen atoms in total.